The maximum atomic E-state index is 12.4. The molecule has 0 spiro atoms. The molecule has 0 saturated carbocycles. The Balaban J connectivity index is 1.54. The molecule has 3 amide bonds. The summed E-state index contributed by atoms with van der Waals surface area (Å²) in [5.41, 5.74) is 1.56. The molecule has 1 aromatic carbocycles. The molecule has 0 bridgehead atoms. The average molecular weight is 335 g/mol. The van der Waals surface area contributed by atoms with E-state index in [1.807, 2.05) is 24.4 Å². The van der Waals surface area contributed by atoms with Crippen LogP contribution in [-0.4, -0.2) is 44.3 Å². The zero-order chi connectivity index (χ0) is 17.6. The quantitative estimate of drug-likeness (QED) is 0.717. The summed E-state index contributed by atoms with van der Waals surface area (Å²) in [6, 6.07) is 9.99. The van der Waals surface area contributed by atoms with Crippen LogP contribution in [0.15, 0.2) is 42.6 Å². The van der Waals surface area contributed by atoms with E-state index in [0.717, 1.165) is 4.90 Å². The molecule has 3 aromatic rings. The summed E-state index contributed by atoms with van der Waals surface area (Å²) in [6.45, 7) is 0.188. The highest BCUT2D eigenvalue weighted by atomic mass is 16.2. The molecule has 3 heterocycles. The van der Waals surface area contributed by atoms with Gasteiger partial charge in [-0.2, -0.15) is 0 Å². The van der Waals surface area contributed by atoms with Crippen LogP contribution in [-0.2, 0) is 6.54 Å². The van der Waals surface area contributed by atoms with Crippen LogP contribution < -0.4 is 5.32 Å². The Morgan fingerprint density at radius 1 is 1.08 bits per heavy atom. The van der Waals surface area contributed by atoms with E-state index in [2.05, 4.69) is 15.5 Å². The van der Waals surface area contributed by atoms with Crippen LogP contribution in [0.1, 0.15) is 36.9 Å². The molecule has 0 radical (unpaired) electrons. The first-order valence-electron chi connectivity index (χ1n) is 7.59. The molecule has 1 aliphatic rings. The number of nitrogens with zero attached hydrogens (tertiary/aromatic N) is 4. The Morgan fingerprint density at radius 3 is 2.72 bits per heavy atom. The van der Waals surface area contributed by atoms with Gasteiger partial charge in [0.15, 0.2) is 11.5 Å². The van der Waals surface area contributed by atoms with Gasteiger partial charge in [0.05, 0.1) is 17.7 Å². The van der Waals surface area contributed by atoms with E-state index >= 15 is 0 Å². The van der Waals surface area contributed by atoms with Crippen molar-refractivity contribution in [3.63, 3.8) is 0 Å². The van der Waals surface area contributed by atoms with Gasteiger partial charge in [0.25, 0.3) is 17.7 Å². The summed E-state index contributed by atoms with van der Waals surface area (Å²) >= 11 is 0. The monoisotopic (exact) mass is 335 g/mol. The number of pyridine rings is 1. The first kappa shape index (κ1) is 15.0. The molecule has 0 fully saturated rings. The van der Waals surface area contributed by atoms with Crippen LogP contribution in [0.3, 0.4) is 0 Å². The second-order valence-corrected chi connectivity index (χ2v) is 5.66. The van der Waals surface area contributed by atoms with Crippen molar-refractivity contribution in [1.82, 2.24) is 24.8 Å². The number of amides is 3. The van der Waals surface area contributed by atoms with E-state index in [-0.39, 0.29) is 23.9 Å². The van der Waals surface area contributed by atoms with Gasteiger partial charge in [0.1, 0.15) is 0 Å². The number of rotatable bonds is 3. The number of hydrogen-bond donors (Lipinski definition) is 1. The van der Waals surface area contributed by atoms with E-state index < -0.39 is 5.91 Å². The minimum Gasteiger partial charge on any atom is -0.345 e. The second-order valence-electron chi connectivity index (χ2n) is 5.66. The molecule has 25 heavy (non-hydrogen) atoms. The molecular weight excluding hydrogens is 322 g/mol. The molecule has 0 atom stereocenters. The Bertz CT molecular complexity index is 1040. The van der Waals surface area contributed by atoms with Crippen LogP contribution in [0, 0.1) is 0 Å². The third kappa shape index (κ3) is 2.35. The number of carbonyl (C=O) groups is 3. The number of hydrogen-bond acceptors (Lipinski definition) is 5. The van der Waals surface area contributed by atoms with Crippen molar-refractivity contribution in [2.75, 3.05) is 7.05 Å². The number of benzene rings is 1. The SMILES string of the molecule is CN1C(=O)c2ccc(C(=O)NCc3nnc4ccccn34)cc2C1=O. The van der Waals surface area contributed by atoms with Gasteiger partial charge in [-0.15, -0.1) is 10.2 Å². The first-order chi connectivity index (χ1) is 12.1. The lowest BCUT2D eigenvalue weighted by molar-refractivity contribution is 0.0693. The van der Waals surface area contributed by atoms with E-state index in [9.17, 15) is 14.4 Å². The zero-order valence-corrected chi connectivity index (χ0v) is 13.3. The minimum absolute atomic E-state index is 0.188. The highest BCUT2D eigenvalue weighted by Crippen LogP contribution is 2.22. The van der Waals surface area contributed by atoms with Crippen molar-refractivity contribution in [3.05, 3.63) is 65.1 Å². The number of carbonyl (C=O) groups excluding carboxylic acids is 3. The zero-order valence-electron chi connectivity index (χ0n) is 13.3. The fraction of sp³-hybridized carbons (Fsp3) is 0.118. The fourth-order valence-corrected chi connectivity index (χ4v) is 2.78. The third-order valence-corrected chi connectivity index (χ3v) is 4.14. The lowest BCUT2D eigenvalue weighted by Crippen LogP contribution is -2.25. The highest BCUT2D eigenvalue weighted by molar-refractivity contribution is 6.21. The predicted molar refractivity (Wildman–Crippen MR) is 87.0 cm³/mol. The van der Waals surface area contributed by atoms with Gasteiger partial charge < -0.3 is 5.32 Å². The minimum atomic E-state index is -0.405. The van der Waals surface area contributed by atoms with Gasteiger partial charge in [-0.3, -0.25) is 23.7 Å². The Kier molecular flexibility index (Phi) is 3.31. The summed E-state index contributed by atoms with van der Waals surface area (Å²) < 4.78 is 1.78. The maximum absolute atomic E-state index is 12.4. The molecule has 2 aromatic heterocycles. The standard InChI is InChI=1S/C17H13N5O3/c1-21-16(24)11-6-5-10(8-12(11)17(21)25)15(23)18-9-14-20-19-13-4-2-3-7-22(13)14/h2-8H,9H2,1H3,(H,18,23). The van der Waals surface area contributed by atoms with Crippen molar-refractivity contribution in [3.8, 4) is 0 Å². The largest absolute Gasteiger partial charge is 0.345 e. The van der Waals surface area contributed by atoms with Crippen molar-refractivity contribution >= 4 is 23.4 Å². The number of fused-ring (bicyclic) bond motifs is 2. The van der Waals surface area contributed by atoms with E-state index in [1.165, 1.54) is 25.2 Å². The third-order valence-electron chi connectivity index (χ3n) is 4.14. The summed E-state index contributed by atoms with van der Waals surface area (Å²) in [4.78, 5) is 37.3. The molecule has 4 rings (SSSR count). The number of imide groups is 1. The molecule has 0 aliphatic carbocycles. The summed E-state index contributed by atoms with van der Waals surface area (Å²) in [5.74, 6) is -0.527. The summed E-state index contributed by atoms with van der Waals surface area (Å²) in [7, 11) is 1.42. The first-order valence-corrected chi connectivity index (χ1v) is 7.59. The topological polar surface area (TPSA) is 96.7 Å². The molecule has 1 N–H and O–H groups in total. The molecule has 8 nitrogen and oxygen atoms in total. The van der Waals surface area contributed by atoms with Gasteiger partial charge >= 0.3 is 0 Å². The average Bonchev–Trinajstić information content (AvgIpc) is 3.15. The molecule has 124 valence electrons. The van der Waals surface area contributed by atoms with Crippen molar-refractivity contribution in [2.45, 2.75) is 6.54 Å². The van der Waals surface area contributed by atoms with Gasteiger partial charge in [-0.1, -0.05) is 6.07 Å². The Hall–Kier alpha value is -3.55. The fourth-order valence-electron chi connectivity index (χ4n) is 2.78. The van der Waals surface area contributed by atoms with Crippen molar-refractivity contribution < 1.29 is 14.4 Å². The molecular formula is C17H13N5O3. The molecule has 0 saturated heterocycles. The lowest BCUT2D eigenvalue weighted by Gasteiger charge is -2.05. The van der Waals surface area contributed by atoms with Gasteiger partial charge in [0.2, 0.25) is 0 Å². The van der Waals surface area contributed by atoms with Gasteiger partial charge in [0, 0.05) is 18.8 Å². The van der Waals surface area contributed by atoms with Gasteiger partial charge in [-0.25, -0.2) is 0 Å². The van der Waals surface area contributed by atoms with E-state index in [1.54, 1.807) is 4.40 Å². The molecule has 8 heteroatoms. The van der Waals surface area contributed by atoms with E-state index in [0.29, 0.717) is 22.6 Å². The smallest absolute Gasteiger partial charge is 0.261 e. The van der Waals surface area contributed by atoms with Crippen LogP contribution in [0.2, 0.25) is 0 Å². The van der Waals surface area contributed by atoms with Crippen molar-refractivity contribution in [2.24, 2.45) is 0 Å². The molecule has 0 unspecified atom stereocenters. The number of nitrogens with one attached hydrogen (secondary N) is 1. The normalized spacial score (nSPS) is 13.4. The lowest BCUT2D eigenvalue weighted by atomic mass is 10.1. The maximum Gasteiger partial charge on any atom is 0.261 e. The van der Waals surface area contributed by atoms with Crippen molar-refractivity contribution in [1.29, 1.82) is 0 Å². The summed E-state index contributed by atoms with van der Waals surface area (Å²) in [5, 5.41) is 10.8. The number of aromatic nitrogens is 3. The van der Waals surface area contributed by atoms with Gasteiger partial charge in [-0.05, 0) is 30.3 Å². The predicted octanol–water partition coefficient (Wildman–Crippen LogP) is 0.885. The second kappa shape index (κ2) is 5.52. The van der Waals surface area contributed by atoms with Crippen LogP contribution >= 0.6 is 0 Å². The Morgan fingerprint density at radius 2 is 1.88 bits per heavy atom. The Labute approximate surface area is 142 Å². The molecule has 1 aliphatic heterocycles. The van der Waals surface area contributed by atoms with Crippen LogP contribution in [0.5, 0.6) is 0 Å². The summed E-state index contributed by atoms with van der Waals surface area (Å²) in [6.07, 6.45) is 1.81. The highest BCUT2D eigenvalue weighted by Gasteiger charge is 2.33. The van der Waals surface area contributed by atoms with Crippen LogP contribution in [0.4, 0.5) is 0 Å². The van der Waals surface area contributed by atoms with Crippen LogP contribution in [0.25, 0.3) is 5.65 Å². The van der Waals surface area contributed by atoms with E-state index in [4.69, 9.17) is 0 Å².